The van der Waals surface area contributed by atoms with Crippen molar-refractivity contribution >= 4 is 12.1 Å². The van der Waals surface area contributed by atoms with Gasteiger partial charge < -0.3 is 10.2 Å². The summed E-state index contributed by atoms with van der Waals surface area (Å²) in [6.07, 6.45) is 0.879. The topological polar surface area (TPSA) is 77.8 Å². The zero-order valence-electron chi connectivity index (χ0n) is 9.99. The summed E-state index contributed by atoms with van der Waals surface area (Å²) in [6, 6.07) is 0. The highest BCUT2D eigenvalue weighted by molar-refractivity contribution is 5.85. The SMILES string of the molecule is CCCC1(C(=O)O)CCC(C)(C)N1C(=O)O. The summed E-state index contributed by atoms with van der Waals surface area (Å²) in [6.45, 7) is 5.43. The lowest BCUT2D eigenvalue weighted by Gasteiger charge is -2.39. The number of likely N-dealkylation sites (tertiary alicyclic amines) is 1. The van der Waals surface area contributed by atoms with Crippen molar-refractivity contribution in [3.05, 3.63) is 0 Å². The Kier molecular flexibility index (Phi) is 3.17. The second-order valence-electron chi connectivity index (χ2n) is 5.02. The van der Waals surface area contributed by atoms with Crippen LogP contribution in [-0.4, -0.2) is 38.3 Å². The lowest BCUT2D eigenvalue weighted by molar-refractivity contribution is -0.151. The molecule has 1 aliphatic heterocycles. The fraction of sp³-hybridized carbons (Fsp3) is 0.818. The molecule has 1 fully saturated rings. The molecule has 1 rings (SSSR count). The second-order valence-corrected chi connectivity index (χ2v) is 5.02. The van der Waals surface area contributed by atoms with Gasteiger partial charge in [-0.3, -0.25) is 4.90 Å². The van der Waals surface area contributed by atoms with E-state index in [1.165, 1.54) is 0 Å². The number of hydrogen-bond acceptors (Lipinski definition) is 2. The van der Waals surface area contributed by atoms with Gasteiger partial charge in [0, 0.05) is 5.54 Å². The van der Waals surface area contributed by atoms with Crippen LogP contribution in [0.5, 0.6) is 0 Å². The molecule has 92 valence electrons. The maximum Gasteiger partial charge on any atom is 0.408 e. The average molecular weight is 229 g/mol. The highest BCUT2D eigenvalue weighted by atomic mass is 16.4. The molecular formula is C11H19NO4. The summed E-state index contributed by atoms with van der Waals surface area (Å²) in [4.78, 5) is 23.8. The third-order valence-corrected chi connectivity index (χ3v) is 3.44. The third-order valence-electron chi connectivity index (χ3n) is 3.44. The Hall–Kier alpha value is -1.26. The van der Waals surface area contributed by atoms with Crippen LogP contribution < -0.4 is 0 Å². The van der Waals surface area contributed by atoms with E-state index < -0.39 is 23.1 Å². The molecule has 1 aliphatic rings. The van der Waals surface area contributed by atoms with E-state index in [1.807, 2.05) is 6.92 Å². The number of carboxylic acids is 1. The van der Waals surface area contributed by atoms with Gasteiger partial charge in [-0.1, -0.05) is 13.3 Å². The van der Waals surface area contributed by atoms with Crippen molar-refractivity contribution < 1.29 is 19.8 Å². The van der Waals surface area contributed by atoms with Crippen LogP contribution in [0.2, 0.25) is 0 Å². The van der Waals surface area contributed by atoms with Crippen molar-refractivity contribution in [3.63, 3.8) is 0 Å². The Bertz CT molecular complexity index is 313. The number of carboxylic acid groups (broad SMARTS) is 2. The maximum absolute atomic E-state index is 11.4. The Morgan fingerprint density at radius 2 is 1.81 bits per heavy atom. The van der Waals surface area contributed by atoms with Gasteiger partial charge in [-0.05, 0) is 33.1 Å². The lowest BCUT2D eigenvalue weighted by atomic mass is 9.91. The number of aliphatic carboxylic acids is 1. The maximum atomic E-state index is 11.4. The number of nitrogens with zero attached hydrogens (tertiary/aromatic N) is 1. The number of rotatable bonds is 3. The summed E-state index contributed by atoms with van der Waals surface area (Å²) < 4.78 is 0. The van der Waals surface area contributed by atoms with Crippen LogP contribution in [0.3, 0.4) is 0 Å². The molecule has 5 heteroatoms. The van der Waals surface area contributed by atoms with Crippen LogP contribution in [0, 0.1) is 0 Å². The highest BCUT2D eigenvalue weighted by Crippen LogP contribution is 2.43. The van der Waals surface area contributed by atoms with E-state index >= 15 is 0 Å². The van der Waals surface area contributed by atoms with E-state index in [0.29, 0.717) is 25.7 Å². The van der Waals surface area contributed by atoms with Gasteiger partial charge in [-0.2, -0.15) is 0 Å². The van der Waals surface area contributed by atoms with E-state index in [-0.39, 0.29) is 0 Å². The fourth-order valence-corrected chi connectivity index (χ4v) is 2.72. The first-order valence-corrected chi connectivity index (χ1v) is 5.54. The fourth-order valence-electron chi connectivity index (χ4n) is 2.72. The number of hydrogen-bond donors (Lipinski definition) is 2. The quantitative estimate of drug-likeness (QED) is 0.777. The molecule has 1 saturated heterocycles. The van der Waals surface area contributed by atoms with Crippen molar-refractivity contribution in [1.29, 1.82) is 0 Å². The first kappa shape index (κ1) is 12.8. The van der Waals surface area contributed by atoms with Gasteiger partial charge in [0.1, 0.15) is 5.54 Å². The molecule has 0 aliphatic carbocycles. The highest BCUT2D eigenvalue weighted by Gasteiger charge is 2.57. The minimum Gasteiger partial charge on any atom is -0.479 e. The minimum absolute atomic E-state index is 0.373. The smallest absolute Gasteiger partial charge is 0.408 e. The van der Waals surface area contributed by atoms with Crippen LogP contribution in [-0.2, 0) is 4.79 Å². The van der Waals surface area contributed by atoms with E-state index in [2.05, 4.69) is 0 Å². The largest absolute Gasteiger partial charge is 0.479 e. The van der Waals surface area contributed by atoms with Gasteiger partial charge >= 0.3 is 12.1 Å². The third kappa shape index (κ3) is 1.74. The van der Waals surface area contributed by atoms with E-state index in [0.717, 1.165) is 4.90 Å². The van der Waals surface area contributed by atoms with Crippen LogP contribution in [0.4, 0.5) is 4.79 Å². The molecule has 1 amide bonds. The summed E-state index contributed by atoms with van der Waals surface area (Å²) in [5.74, 6) is -1.03. The second kappa shape index (κ2) is 3.96. The zero-order chi connectivity index (χ0) is 12.6. The Morgan fingerprint density at radius 3 is 2.19 bits per heavy atom. The summed E-state index contributed by atoms with van der Waals surface area (Å²) >= 11 is 0. The first-order valence-electron chi connectivity index (χ1n) is 5.54. The van der Waals surface area contributed by atoms with Crippen molar-refractivity contribution in [2.45, 2.75) is 57.5 Å². The van der Waals surface area contributed by atoms with Crippen molar-refractivity contribution in [2.24, 2.45) is 0 Å². The van der Waals surface area contributed by atoms with Gasteiger partial charge in [-0.15, -0.1) is 0 Å². The van der Waals surface area contributed by atoms with Crippen LogP contribution in [0.15, 0.2) is 0 Å². The Morgan fingerprint density at radius 1 is 1.25 bits per heavy atom. The average Bonchev–Trinajstić information content (AvgIpc) is 2.39. The predicted molar refractivity (Wildman–Crippen MR) is 58.5 cm³/mol. The lowest BCUT2D eigenvalue weighted by Crippen LogP contribution is -2.58. The molecule has 0 aromatic carbocycles. The number of amides is 1. The van der Waals surface area contributed by atoms with E-state index in [9.17, 15) is 19.8 Å². The normalized spacial score (nSPS) is 28.1. The molecule has 0 radical (unpaired) electrons. The van der Waals surface area contributed by atoms with Crippen LogP contribution in [0.1, 0.15) is 46.5 Å². The standard InChI is InChI=1S/C11H19NO4/c1-4-5-11(8(13)14)7-6-10(2,3)12(11)9(15)16/h4-7H2,1-3H3,(H,13,14)(H,15,16). The van der Waals surface area contributed by atoms with E-state index in [1.54, 1.807) is 13.8 Å². The minimum atomic E-state index is -1.23. The zero-order valence-corrected chi connectivity index (χ0v) is 9.99. The van der Waals surface area contributed by atoms with Gasteiger partial charge in [0.2, 0.25) is 0 Å². The molecule has 2 N–H and O–H groups in total. The molecule has 1 unspecified atom stereocenters. The van der Waals surface area contributed by atoms with Crippen molar-refractivity contribution in [2.75, 3.05) is 0 Å². The summed E-state index contributed by atoms with van der Waals surface area (Å²) in [7, 11) is 0. The van der Waals surface area contributed by atoms with Crippen molar-refractivity contribution in [1.82, 2.24) is 4.90 Å². The molecule has 0 bridgehead atoms. The molecule has 1 heterocycles. The molecule has 0 spiro atoms. The van der Waals surface area contributed by atoms with E-state index in [4.69, 9.17) is 0 Å². The number of carbonyl (C=O) groups is 2. The first-order chi connectivity index (χ1) is 7.28. The summed E-state index contributed by atoms with van der Waals surface area (Å²) in [5, 5.41) is 18.6. The molecular weight excluding hydrogens is 210 g/mol. The summed E-state index contributed by atoms with van der Waals surface area (Å²) in [5.41, 5.74) is -1.83. The molecule has 5 nitrogen and oxygen atoms in total. The monoisotopic (exact) mass is 229 g/mol. The van der Waals surface area contributed by atoms with Crippen LogP contribution >= 0.6 is 0 Å². The molecule has 0 aromatic rings. The molecule has 0 aromatic heterocycles. The van der Waals surface area contributed by atoms with Gasteiger partial charge in [0.15, 0.2) is 0 Å². The van der Waals surface area contributed by atoms with Gasteiger partial charge in [0.25, 0.3) is 0 Å². The van der Waals surface area contributed by atoms with Crippen LogP contribution in [0.25, 0.3) is 0 Å². The van der Waals surface area contributed by atoms with Gasteiger partial charge in [-0.25, -0.2) is 9.59 Å². The van der Waals surface area contributed by atoms with Gasteiger partial charge in [0.05, 0.1) is 0 Å². The van der Waals surface area contributed by atoms with Crippen molar-refractivity contribution in [3.8, 4) is 0 Å². The molecule has 16 heavy (non-hydrogen) atoms. The Balaban J connectivity index is 3.19. The predicted octanol–water partition coefficient (Wildman–Crippen LogP) is 2.16. The molecule has 1 atom stereocenters. The molecule has 0 saturated carbocycles. The Labute approximate surface area is 95.1 Å².